The van der Waals surface area contributed by atoms with Gasteiger partial charge in [0.05, 0.1) is 6.61 Å². The minimum atomic E-state index is 0.729. The molecule has 0 aromatic heterocycles. The molecule has 0 radical (unpaired) electrons. The Balaban J connectivity index is 1.88. The normalized spacial score (nSPS) is 10.6. The lowest BCUT2D eigenvalue weighted by molar-refractivity contribution is 0.339. The smallest absolute Gasteiger partial charge is 0.125 e. The van der Waals surface area contributed by atoms with Gasteiger partial charge in [-0.15, -0.1) is 11.8 Å². The van der Waals surface area contributed by atoms with Crippen molar-refractivity contribution in [3.05, 3.63) is 59.2 Å². The Labute approximate surface area is 131 Å². The van der Waals surface area contributed by atoms with E-state index in [1.807, 2.05) is 24.9 Å². The summed E-state index contributed by atoms with van der Waals surface area (Å²) < 4.78 is 5.98. The van der Waals surface area contributed by atoms with Crippen LogP contribution >= 0.6 is 11.8 Å². The quantitative estimate of drug-likeness (QED) is 0.612. The zero-order chi connectivity index (χ0) is 15.1. The molecular weight excluding hydrogens is 278 g/mol. The number of hydrogen-bond acceptors (Lipinski definition) is 3. The van der Waals surface area contributed by atoms with E-state index in [1.165, 1.54) is 21.6 Å². The van der Waals surface area contributed by atoms with Crippen molar-refractivity contribution >= 4 is 11.8 Å². The van der Waals surface area contributed by atoms with Gasteiger partial charge in [0.1, 0.15) is 5.75 Å². The molecule has 0 unspecified atom stereocenters. The van der Waals surface area contributed by atoms with Crippen molar-refractivity contribution in [1.82, 2.24) is 5.32 Å². The maximum absolute atomic E-state index is 5.98. The van der Waals surface area contributed by atoms with Gasteiger partial charge in [-0.05, 0) is 49.7 Å². The van der Waals surface area contributed by atoms with E-state index in [9.17, 15) is 0 Å². The highest BCUT2D eigenvalue weighted by atomic mass is 32.2. The molecule has 1 N–H and O–H groups in total. The van der Waals surface area contributed by atoms with Crippen molar-refractivity contribution in [2.75, 3.05) is 19.4 Å². The molecule has 2 aromatic carbocycles. The van der Waals surface area contributed by atoms with E-state index < -0.39 is 0 Å². The summed E-state index contributed by atoms with van der Waals surface area (Å²) in [5.74, 6) is 1.99. The number of nitrogens with one attached hydrogen (secondary N) is 1. The van der Waals surface area contributed by atoms with Crippen molar-refractivity contribution in [2.45, 2.75) is 25.3 Å². The number of hydrogen-bond donors (Lipinski definition) is 1. The third kappa shape index (κ3) is 4.80. The molecule has 2 nitrogen and oxygen atoms in total. The van der Waals surface area contributed by atoms with E-state index in [-0.39, 0.29) is 0 Å². The Morgan fingerprint density at radius 3 is 2.33 bits per heavy atom. The van der Waals surface area contributed by atoms with E-state index >= 15 is 0 Å². The zero-order valence-corrected chi connectivity index (χ0v) is 13.8. The standard InChI is InChI=1S/C18H23NOS/c1-14-11-16(13-19-3)12-15(2)18(14)20-9-10-21-17-7-5-4-6-8-17/h4-8,11-12,19H,9-10,13H2,1-3H3. The van der Waals surface area contributed by atoms with Gasteiger partial charge in [-0.25, -0.2) is 0 Å². The van der Waals surface area contributed by atoms with Gasteiger partial charge in [0, 0.05) is 17.2 Å². The molecular formula is C18H23NOS. The summed E-state index contributed by atoms with van der Waals surface area (Å²) in [6, 6.07) is 14.8. The first-order valence-corrected chi connectivity index (χ1v) is 8.24. The number of thioether (sulfide) groups is 1. The van der Waals surface area contributed by atoms with Gasteiger partial charge in [0.15, 0.2) is 0 Å². The van der Waals surface area contributed by atoms with Gasteiger partial charge in [-0.2, -0.15) is 0 Å². The van der Waals surface area contributed by atoms with Crippen LogP contribution in [-0.2, 0) is 6.54 Å². The van der Waals surface area contributed by atoms with Crippen LogP contribution in [0.1, 0.15) is 16.7 Å². The number of ether oxygens (including phenoxy) is 1. The Hall–Kier alpha value is -1.45. The molecule has 21 heavy (non-hydrogen) atoms. The van der Waals surface area contributed by atoms with Crippen LogP contribution in [0.4, 0.5) is 0 Å². The first-order chi connectivity index (χ1) is 10.2. The van der Waals surface area contributed by atoms with Gasteiger partial charge in [0.2, 0.25) is 0 Å². The van der Waals surface area contributed by atoms with Gasteiger partial charge in [0.25, 0.3) is 0 Å². The number of rotatable bonds is 7. The van der Waals surface area contributed by atoms with E-state index in [2.05, 4.69) is 55.6 Å². The summed E-state index contributed by atoms with van der Waals surface area (Å²) in [5.41, 5.74) is 3.73. The van der Waals surface area contributed by atoms with Crippen LogP contribution in [0.3, 0.4) is 0 Å². The van der Waals surface area contributed by atoms with E-state index in [1.54, 1.807) is 0 Å². The number of benzene rings is 2. The highest BCUT2D eigenvalue weighted by Crippen LogP contribution is 2.25. The first kappa shape index (κ1) is 15.9. The summed E-state index contributed by atoms with van der Waals surface area (Å²) in [6.45, 7) is 5.86. The SMILES string of the molecule is CNCc1cc(C)c(OCCSc2ccccc2)c(C)c1. The predicted octanol–water partition coefficient (Wildman–Crippen LogP) is 4.19. The number of aryl methyl sites for hydroxylation is 2. The Bertz CT molecular complexity index is 546. The minimum Gasteiger partial charge on any atom is -0.492 e. The van der Waals surface area contributed by atoms with Crippen molar-refractivity contribution in [2.24, 2.45) is 0 Å². The van der Waals surface area contributed by atoms with Crippen LogP contribution in [0, 0.1) is 13.8 Å². The fraction of sp³-hybridized carbons (Fsp3) is 0.333. The van der Waals surface area contributed by atoms with Crippen molar-refractivity contribution in [3.63, 3.8) is 0 Å². The zero-order valence-electron chi connectivity index (χ0n) is 13.0. The maximum Gasteiger partial charge on any atom is 0.125 e. The molecule has 0 heterocycles. The molecule has 0 spiro atoms. The highest BCUT2D eigenvalue weighted by molar-refractivity contribution is 7.99. The van der Waals surface area contributed by atoms with Gasteiger partial charge < -0.3 is 10.1 Å². The predicted molar refractivity (Wildman–Crippen MR) is 91.3 cm³/mol. The first-order valence-electron chi connectivity index (χ1n) is 7.26. The fourth-order valence-electron chi connectivity index (χ4n) is 2.39. The molecule has 112 valence electrons. The van der Waals surface area contributed by atoms with Crippen LogP contribution < -0.4 is 10.1 Å². The molecule has 0 aliphatic rings. The lowest BCUT2D eigenvalue weighted by Gasteiger charge is -2.14. The molecule has 2 rings (SSSR count). The lowest BCUT2D eigenvalue weighted by atomic mass is 10.1. The summed E-state index contributed by atoms with van der Waals surface area (Å²) in [4.78, 5) is 1.29. The van der Waals surface area contributed by atoms with E-state index in [4.69, 9.17) is 4.74 Å². The molecule has 0 atom stereocenters. The Kier molecular flexibility index (Phi) is 6.15. The topological polar surface area (TPSA) is 21.3 Å². The largest absolute Gasteiger partial charge is 0.492 e. The second-order valence-electron chi connectivity index (χ2n) is 5.10. The average Bonchev–Trinajstić information content (AvgIpc) is 2.47. The third-order valence-corrected chi connectivity index (χ3v) is 4.22. The monoisotopic (exact) mass is 301 g/mol. The maximum atomic E-state index is 5.98. The van der Waals surface area contributed by atoms with Gasteiger partial charge in [-0.1, -0.05) is 30.3 Å². The molecule has 0 bridgehead atoms. The molecule has 0 aliphatic carbocycles. The highest BCUT2D eigenvalue weighted by Gasteiger charge is 2.06. The third-order valence-electron chi connectivity index (χ3n) is 3.24. The summed E-state index contributed by atoms with van der Waals surface area (Å²) in [5, 5.41) is 3.18. The van der Waals surface area contributed by atoms with Crippen LogP contribution in [0.15, 0.2) is 47.4 Å². The second-order valence-corrected chi connectivity index (χ2v) is 6.27. The van der Waals surface area contributed by atoms with Gasteiger partial charge in [-0.3, -0.25) is 0 Å². The Morgan fingerprint density at radius 2 is 1.71 bits per heavy atom. The lowest BCUT2D eigenvalue weighted by Crippen LogP contribution is -2.07. The Morgan fingerprint density at radius 1 is 1.05 bits per heavy atom. The molecule has 0 saturated heterocycles. The fourth-order valence-corrected chi connectivity index (χ4v) is 3.15. The molecule has 0 saturated carbocycles. The summed E-state index contributed by atoms with van der Waals surface area (Å²) in [7, 11) is 1.97. The van der Waals surface area contributed by atoms with Crippen LogP contribution in [0.2, 0.25) is 0 Å². The van der Waals surface area contributed by atoms with Crippen LogP contribution in [-0.4, -0.2) is 19.4 Å². The summed E-state index contributed by atoms with van der Waals surface area (Å²) >= 11 is 1.83. The molecule has 0 amide bonds. The van der Waals surface area contributed by atoms with Crippen molar-refractivity contribution < 1.29 is 4.74 Å². The molecule has 0 fully saturated rings. The minimum absolute atomic E-state index is 0.729. The second kappa shape index (κ2) is 8.11. The molecule has 0 aliphatic heterocycles. The van der Waals surface area contributed by atoms with Crippen molar-refractivity contribution in [3.8, 4) is 5.75 Å². The van der Waals surface area contributed by atoms with E-state index in [0.29, 0.717) is 0 Å². The van der Waals surface area contributed by atoms with Gasteiger partial charge >= 0.3 is 0 Å². The average molecular weight is 301 g/mol. The molecule has 3 heteroatoms. The summed E-state index contributed by atoms with van der Waals surface area (Å²) in [6.07, 6.45) is 0. The van der Waals surface area contributed by atoms with Crippen molar-refractivity contribution in [1.29, 1.82) is 0 Å². The van der Waals surface area contributed by atoms with Crippen LogP contribution in [0.5, 0.6) is 5.75 Å². The molecule has 2 aromatic rings. The van der Waals surface area contributed by atoms with E-state index in [0.717, 1.165) is 24.7 Å². The van der Waals surface area contributed by atoms with Crippen LogP contribution in [0.25, 0.3) is 0 Å².